The Bertz CT molecular complexity index is 529. The summed E-state index contributed by atoms with van der Waals surface area (Å²) < 4.78 is 5.03. The van der Waals surface area contributed by atoms with Crippen molar-refractivity contribution in [1.29, 1.82) is 0 Å². The molecule has 1 atom stereocenters. The number of ether oxygens (including phenoxy) is 1. The molecule has 1 aromatic rings. The van der Waals surface area contributed by atoms with Crippen LogP contribution in [0.15, 0.2) is 24.3 Å². The molecule has 19 heavy (non-hydrogen) atoms. The number of hydrogen-bond acceptors (Lipinski definition) is 4. The largest absolute Gasteiger partial charge is 0.497 e. The van der Waals surface area contributed by atoms with Crippen molar-refractivity contribution in [2.24, 2.45) is 0 Å². The molecule has 1 fully saturated rings. The topological polar surface area (TPSA) is 96.5 Å². The second-order valence-corrected chi connectivity index (χ2v) is 4.00. The first-order valence-electron chi connectivity index (χ1n) is 5.64. The molecule has 1 saturated heterocycles. The summed E-state index contributed by atoms with van der Waals surface area (Å²) in [5, 5.41) is 7.05. The van der Waals surface area contributed by atoms with Gasteiger partial charge in [-0.25, -0.2) is 4.79 Å². The van der Waals surface area contributed by atoms with E-state index in [1.54, 1.807) is 24.3 Å². The number of anilines is 1. The molecule has 0 spiro atoms. The van der Waals surface area contributed by atoms with E-state index in [4.69, 9.17) is 4.74 Å². The van der Waals surface area contributed by atoms with E-state index in [0.717, 1.165) is 0 Å². The highest BCUT2D eigenvalue weighted by atomic mass is 16.5. The Kier molecular flexibility index (Phi) is 3.65. The number of urea groups is 1. The van der Waals surface area contributed by atoms with E-state index in [-0.39, 0.29) is 12.3 Å². The number of hydrogen-bond donors (Lipinski definition) is 3. The first-order chi connectivity index (χ1) is 9.08. The van der Waals surface area contributed by atoms with Crippen LogP contribution in [0.25, 0.3) is 0 Å². The average molecular weight is 263 g/mol. The van der Waals surface area contributed by atoms with E-state index in [1.165, 1.54) is 7.11 Å². The van der Waals surface area contributed by atoms with Crippen LogP contribution in [0, 0.1) is 0 Å². The molecule has 0 bridgehead atoms. The molecular weight excluding hydrogens is 250 g/mol. The highest BCUT2D eigenvalue weighted by Gasteiger charge is 2.31. The third kappa shape index (κ3) is 3.21. The molecule has 0 aromatic heterocycles. The lowest BCUT2D eigenvalue weighted by molar-refractivity contribution is -0.124. The van der Waals surface area contributed by atoms with Gasteiger partial charge in [0.2, 0.25) is 5.91 Å². The van der Waals surface area contributed by atoms with Crippen LogP contribution in [0.4, 0.5) is 10.5 Å². The van der Waals surface area contributed by atoms with Gasteiger partial charge in [0.15, 0.2) is 0 Å². The Hall–Kier alpha value is -2.57. The van der Waals surface area contributed by atoms with Crippen molar-refractivity contribution in [2.45, 2.75) is 12.5 Å². The second-order valence-electron chi connectivity index (χ2n) is 4.00. The number of rotatable bonds is 4. The van der Waals surface area contributed by atoms with Crippen molar-refractivity contribution >= 4 is 23.5 Å². The Morgan fingerprint density at radius 1 is 1.42 bits per heavy atom. The number of benzene rings is 1. The maximum absolute atomic E-state index is 11.7. The first-order valence-corrected chi connectivity index (χ1v) is 5.64. The summed E-state index contributed by atoms with van der Waals surface area (Å²) >= 11 is 0. The summed E-state index contributed by atoms with van der Waals surface area (Å²) in [5.41, 5.74) is 0.564. The monoisotopic (exact) mass is 263 g/mol. The Labute approximate surface area is 109 Å². The summed E-state index contributed by atoms with van der Waals surface area (Å²) in [7, 11) is 1.53. The highest BCUT2D eigenvalue weighted by molar-refractivity contribution is 6.06. The van der Waals surface area contributed by atoms with E-state index in [1.807, 2.05) is 0 Å². The molecule has 1 aromatic carbocycles. The number of amides is 4. The minimum absolute atomic E-state index is 0.116. The van der Waals surface area contributed by atoms with Crippen molar-refractivity contribution in [3.05, 3.63) is 24.3 Å². The fraction of sp³-hybridized carbons (Fsp3) is 0.250. The lowest BCUT2D eigenvalue weighted by Crippen LogP contribution is -2.33. The number of nitrogens with one attached hydrogen (secondary N) is 3. The zero-order valence-corrected chi connectivity index (χ0v) is 10.2. The Balaban J connectivity index is 1.94. The van der Waals surface area contributed by atoms with E-state index in [2.05, 4.69) is 16.0 Å². The van der Waals surface area contributed by atoms with Crippen molar-refractivity contribution in [2.75, 3.05) is 12.4 Å². The SMILES string of the molecule is COc1cccc(NC(=O)CC2NC(=O)NC2=O)c1. The van der Waals surface area contributed by atoms with Crippen LogP contribution in [0.2, 0.25) is 0 Å². The number of methoxy groups -OCH3 is 1. The Morgan fingerprint density at radius 3 is 2.84 bits per heavy atom. The van der Waals surface area contributed by atoms with Gasteiger partial charge in [0, 0.05) is 11.8 Å². The summed E-state index contributed by atoms with van der Waals surface area (Å²) in [5.74, 6) is -0.244. The molecule has 3 N–H and O–H groups in total. The summed E-state index contributed by atoms with van der Waals surface area (Å²) in [6.07, 6.45) is -0.116. The normalized spacial score (nSPS) is 17.6. The van der Waals surface area contributed by atoms with Gasteiger partial charge in [-0.2, -0.15) is 0 Å². The van der Waals surface area contributed by atoms with Crippen LogP contribution in [0.5, 0.6) is 5.75 Å². The van der Waals surface area contributed by atoms with Gasteiger partial charge in [-0.1, -0.05) is 6.07 Å². The molecule has 1 heterocycles. The van der Waals surface area contributed by atoms with Gasteiger partial charge in [-0.3, -0.25) is 14.9 Å². The van der Waals surface area contributed by atoms with Gasteiger partial charge in [-0.15, -0.1) is 0 Å². The van der Waals surface area contributed by atoms with Crippen LogP contribution in [0.1, 0.15) is 6.42 Å². The molecule has 2 rings (SSSR count). The Morgan fingerprint density at radius 2 is 2.21 bits per heavy atom. The van der Waals surface area contributed by atoms with Crippen molar-refractivity contribution in [3.8, 4) is 5.75 Å². The minimum Gasteiger partial charge on any atom is -0.497 e. The fourth-order valence-electron chi connectivity index (χ4n) is 1.70. The van der Waals surface area contributed by atoms with E-state index < -0.39 is 18.0 Å². The maximum atomic E-state index is 11.7. The van der Waals surface area contributed by atoms with Crippen LogP contribution in [-0.4, -0.2) is 31.0 Å². The molecule has 0 radical (unpaired) electrons. The maximum Gasteiger partial charge on any atom is 0.322 e. The lowest BCUT2D eigenvalue weighted by Gasteiger charge is -2.09. The minimum atomic E-state index is -0.821. The van der Waals surface area contributed by atoms with Gasteiger partial charge < -0.3 is 15.4 Å². The number of carbonyl (C=O) groups is 3. The van der Waals surface area contributed by atoms with Crippen LogP contribution < -0.4 is 20.7 Å². The molecule has 7 heteroatoms. The number of imide groups is 1. The van der Waals surface area contributed by atoms with Crippen LogP contribution in [-0.2, 0) is 9.59 Å². The zero-order chi connectivity index (χ0) is 13.8. The van der Waals surface area contributed by atoms with Crippen LogP contribution in [0.3, 0.4) is 0 Å². The van der Waals surface area contributed by atoms with E-state index in [9.17, 15) is 14.4 Å². The van der Waals surface area contributed by atoms with Crippen molar-refractivity contribution in [3.63, 3.8) is 0 Å². The standard InChI is InChI=1S/C12H13N3O4/c1-19-8-4-2-3-7(5-8)13-10(16)6-9-11(17)15-12(18)14-9/h2-5,9H,6H2,1H3,(H,13,16)(H2,14,15,17,18). The van der Waals surface area contributed by atoms with Gasteiger partial charge in [-0.05, 0) is 12.1 Å². The molecule has 1 aliphatic heterocycles. The molecule has 1 unspecified atom stereocenters. The quantitative estimate of drug-likeness (QED) is 0.677. The smallest absolute Gasteiger partial charge is 0.322 e. The van der Waals surface area contributed by atoms with E-state index >= 15 is 0 Å². The number of carbonyl (C=O) groups excluding carboxylic acids is 3. The first kappa shape index (κ1) is 12.9. The van der Waals surface area contributed by atoms with Crippen molar-refractivity contribution < 1.29 is 19.1 Å². The molecule has 0 saturated carbocycles. The second kappa shape index (κ2) is 5.38. The molecule has 1 aliphatic rings. The third-order valence-corrected chi connectivity index (χ3v) is 2.60. The predicted octanol–water partition coefficient (Wildman–Crippen LogP) is 0.232. The van der Waals surface area contributed by atoms with Gasteiger partial charge in [0.05, 0.1) is 13.5 Å². The van der Waals surface area contributed by atoms with Crippen LogP contribution >= 0.6 is 0 Å². The summed E-state index contributed by atoms with van der Waals surface area (Å²) in [6.45, 7) is 0. The predicted molar refractivity (Wildman–Crippen MR) is 66.7 cm³/mol. The molecule has 7 nitrogen and oxygen atoms in total. The summed E-state index contributed by atoms with van der Waals surface area (Å²) in [4.78, 5) is 33.9. The van der Waals surface area contributed by atoms with E-state index in [0.29, 0.717) is 11.4 Å². The summed E-state index contributed by atoms with van der Waals surface area (Å²) in [6, 6.07) is 5.44. The average Bonchev–Trinajstić information content (AvgIpc) is 2.68. The van der Waals surface area contributed by atoms with Gasteiger partial charge in [0.25, 0.3) is 5.91 Å². The van der Waals surface area contributed by atoms with Gasteiger partial charge >= 0.3 is 6.03 Å². The third-order valence-electron chi connectivity index (χ3n) is 2.60. The fourth-order valence-corrected chi connectivity index (χ4v) is 1.70. The molecule has 4 amide bonds. The van der Waals surface area contributed by atoms with Crippen molar-refractivity contribution in [1.82, 2.24) is 10.6 Å². The molecule has 100 valence electrons. The van der Waals surface area contributed by atoms with Gasteiger partial charge in [0.1, 0.15) is 11.8 Å². The zero-order valence-electron chi connectivity index (χ0n) is 10.2. The molecular formula is C12H13N3O4. The highest BCUT2D eigenvalue weighted by Crippen LogP contribution is 2.17. The molecule has 0 aliphatic carbocycles. The lowest BCUT2D eigenvalue weighted by atomic mass is 10.2.